The summed E-state index contributed by atoms with van der Waals surface area (Å²) in [6.45, 7) is 11.6. The van der Waals surface area contributed by atoms with E-state index in [0.29, 0.717) is 34.9 Å². The number of nitrogens with one attached hydrogen (secondary N) is 2. The van der Waals surface area contributed by atoms with Crippen molar-refractivity contribution in [2.45, 2.75) is 63.7 Å². The zero-order valence-electron chi connectivity index (χ0n) is 25.0. The summed E-state index contributed by atoms with van der Waals surface area (Å²) in [4.78, 5) is 22.8. The van der Waals surface area contributed by atoms with E-state index in [1.54, 1.807) is 18.2 Å². The molecule has 0 bridgehead atoms. The largest absolute Gasteiger partial charge is 0.451 e. The van der Waals surface area contributed by atoms with Gasteiger partial charge in [-0.3, -0.25) is 0 Å². The first-order valence-corrected chi connectivity index (χ1v) is 17.3. The summed E-state index contributed by atoms with van der Waals surface area (Å²) in [5, 5.41) is 4.40. The number of hydrogen-bond acceptors (Lipinski definition) is 8. The van der Waals surface area contributed by atoms with Gasteiger partial charge in [0.2, 0.25) is 23.5 Å². The summed E-state index contributed by atoms with van der Waals surface area (Å²) in [6, 6.07) is 4.22. The molecule has 0 unspecified atom stereocenters. The number of nitrogens with zero attached hydrogens (tertiary/aromatic N) is 6. The highest BCUT2D eigenvalue weighted by Gasteiger charge is 2.44. The Labute approximate surface area is 260 Å². The van der Waals surface area contributed by atoms with Crippen LogP contribution < -0.4 is 10.2 Å². The minimum Gasteiger partial charge on any atom is -0.415 e. The van der Waals surface area contributed by atoms with Gasteiger partial charge in [-0.05, 0) is 48.3 Å². The summed E-state index contributed by atoms with van der Waals surface area (Å²) in [7, 11) is -1.95. The molecule has 17 heteroatoms. The van der Waals surface area contributed by atoms with Crippen molar-refractivity contribution in [1.29, 1.82) is 0 Å². The van der Waals surface area contributed by atoms with Crippen LogP contribution in [0.2, 0.25) is 23.2 Å². The van der Waals surface area contributed by atoms with Crippen molar-refractivity contribution >= 4 is 42.7 Å². The van der Waals surface area contributed by atoms with Crippen LogP contribution >= 0.6 is 11.6 Å². The van der Waals surface area contributed by atoms with Crippen molar-refractivity contribution in [2.24, 2.45) is 0 Å². The van der Waals surface area contributed by atoms with Crippen LogP contribution in [0.25, 0.3) is 10.9 Å². The number of H-pyrrole nitrogens is 1. The molecule has 1 atom stereocenters. The fourth-order valence-electron chi connectivity index (χ4n) is 4.83. The molecule has 0 fully saturated rings. The van der Waals surface area contributed by atoms with Crippen LogP contribution in [-0.2, 0) is 23.2 Å². The minimum atomic E-state index is -5.24. The second kappa shape index (κ2) is 11.7. The average Bonchev–Trinajstić information content (AvgIpc) is 3.31. The number of benzene rings is 1. The molecule has 0 amide bonds. The average molecular weight is 673 g/mol. The van der Waals surface area contributed by atoms with Crippen molar-refractivity contribution in [2.75, 3.05) is 29.9 Å². The highest BCUT2D eigenvalue weighted by Crippen LogP contribution is 2.42. The summed E-state index contributed by atoms with van der Waals surface area (Å²) < 4.78 is 88.0. The Hall–Kier alpha value is -3.50. The zero-order valence-corrected chi connectivity index (χ0v) is 26.8. The van der Waals surface area contributed by atoms with Crippen LogP contribution in [0.4, 0.5) is 38.2 Å². The lowest BCUT2D eigenvalue weighted by Gasteiger charge is -2.36. The first-order chi connectivity index (χ1) is 20.8. The fourth-order valence-corrected chi connectivity index (χ4v) is 6.04. The zero-order chi connectivity index (χ0) is 32.9. The van der Waals surface area contributed by atoms with E-state index in [1.165, 1.54) is 17.3 Å². The molecule has 242 valence electrons. The van der Waals surface area contributed by atoms with Crippen molar-refractivity contribution in [3.63, 3.8) is 0 Å². The van der Waals surface area contributed by atoms with E-state index in [9.17, 15) is 26.3 Å². The third kappa shape index (κ3) is 6.87. The number of halogens is 7. The molecule has 0 saturated heterocycles. The molecule has 0 aliphatic carbocycles. The second-order valence-electron chi connectivity index (χ2n) is 12.2. The molecule has 2 N–H and O–H groups in total. The highest BCUT2D eigenvalue weighted by molar-refractivity contribution is 6.74. The van der Waals surface area contributed by atoms with Crippen LogP contribution in [0.3, 0.4) is 0 Å². The van der Waals surface area contributed by atoms with E-state index in [-0.39, 0.29) is 24.0 Å². The number of rotatable bonds is 7. The third-order valence-corrected chi connectivity index (χ3v) is 12.9. The Morgan fingerprint density at radius 3 is 2.20 bits per heavy atom. The van der Waals surface area contributed by atoms with E-state index in [0.717, 1.165) is 10.9 Å². The maximum absolute atomic E-state index is 13.6. The van der Waals surface area contributed by atoms with Gasteiger partial charge in [-0.25, -0.2) is 15.0 Å². The summed E-state index contributed by atoms with van der Waals surface area (Å²) in [5.41, 5.74) is 2.41. The molecular formula is C28H31ClF6N8OSi. The van der Waals surface area contributed by atoms with Crippen LogP contribution in [0, 0.1) is 0 Å². The van der Waals surface area contributed by atoms with E-state index in [1.807, 2.05) is 0 Å². The Balaban J connectivity index is 1.51. The normalized spacial score (nSPS) is 16.3. The SMILES string of the molecule is CC(C)(C)[Si](C)(C)OCCNc1ncc([C@H]2c3[nH]c4ccc(Cl)cc4c3CCN2c2nc(C(F)(F)F)nc(C(F)(F)F)n2)cn1. The molecule has 0 spiro atoms. The van der Waals surface area contributed by atoms with Gasteiger partial charge in [0.15, 0.2) is 8.32 Å². The Morgan fingerprint density at radius 1 is 1.00 bits per heavy atom. The van der Waals surface area contributed by atoms with Gasteiger partial charge in [0.25, 0.3) is 0 Å². The topological polar surface area (TPSA) is 105 Å². The second-order valence-corrected chi connectivity index (χ2v) is 17.5. The molecule has 9 nitrogen and oxygen atoms in total. The molecule has 0 radical (unpaired) electrons. The molecule has 4 heterocycles. The first kappa shape index (κ1) is 32.9. The molecular weight excluding hydrogens is 642 g/mol. The lowest BCUT2D eigenvalue weighted by atomic mass is 9.94. The molecule has 3 aromatic heterocycles. The molecule has 1 aliphatic heterocycles. The number of aromatic amines is 1. The molecule has 1 aromatic carbocycles. The van der Waals surface area contributed by atoms with Crippen molar-refractivity contribution < 1.29 is 30.8 Å². The highest BCUT2D eigenvalue weighted by atomic mass is 35.5. The van der Waals surface area contributed by atoms with E-state index in [2.05, 4.69) is 69.1 Å². The van der Waals surface area contributed by atoms with Gasteiger partial charge in [-0.2, -0.15) is 36.3 Å². The summed E-state index contributed by atoms with van der Waals surface area (Å²) >= 11 is 6.23. The Bertz CT molecular complexity index is 1660. The lowest BCUT2D eigenvalue weighted by molar-refractivity contribution is -0.155. The van der Waals surface area contributed by atoms with E-state index >= 15 is 0 Å². The molecule has 5 rings (SSSR count). The van der Waals surface area contributed by atoms with Gasteiger partial charge < -0.3 is 19.6 Å². The molecule has 45 heavy (non-hydrogen) atoms. The quantitative estimate of drug-likeness (QED) is 0.119. The number of aromatic nitrogens is 6. The number of alkyl halides is 6. The van der Waals surface area contributed by atoms with Gasteiger partial charge in [0.1, 0.15) is 6.04 Å². The van der Waals surface area contributed by atoms with Crippen LogP contribution in [0.1, 0.15) is 55.3 Å². The predicted molar refractivity (Wildman–Crippen MR) is 160 cm³/mol. The van der Waals surface area contributed by atoms with Crippen molar-refractivity contribution in [3.8, 4) is 0 Å². The van der Waals surface area contributed by atoms with Gasteiger partial charge in [-0.1, -0.05) is 32.4 Å². The minimum absolute atomic E-state index is 0.0134. The Kier molecular flexibility index (Phi) is 8.54. The number of fused-ring (bicyclic) bond motifs is 3. The maximum Gasteiger partial charge on any atom is 0.451 e. The lowest BCUT2D eigenvalue weighted by Crippen LogP contribution is -2.41. The van der Waals surface area contributed by atoms with Gasteiger partial charge in [0.05, 0.1) is 6.61 Å². The van der Waals surface area contributed by atoms with Crippen molar-refractivity contribution in [3.05, 3.63) is 64.1 Å². The summed E-state index contributed by atoms with van der Waals surface area (Å²) in [6.07, 6.45) is -7.29. The first-order valence-electron chi connectivity index (χ1n) is 14.0. The summed E-state index contributed by atoms with van der Waals surface area (Å²) in [5.74, 6) is -4.38. The van der Waals surface area contributed by atoms with Gasteiger partial charge in [0, 0.05) is 52.7 Å². The Morgan fingerprint density at radius 2 is 1.62 bits per heavy atom. The fraction of sp³-hybridized carbons (Fsp3) is 0.464. The van der Waals surface area contributed by atoms with Crippen LogP contribution in [0.5, 0.6) is 0 Å². The number of anilines is 2. The van der Waals surface area contributed by atoms with Crippen LogP contribution in [-0.4, -0.2) is 57.9 Å². The van der Waals surface area contributed by atoms with E-state index in [4.69, 9.17) is 16.0 Å². The monoisotopic (exact) mass is 672 g/mol. The van der Waals surface area contributed by atoms with E-state index < -0.39 is 44.3 Å². The maximum atomic E-state index is 13.6. The number of hydrogen-bond donors (Lipinski definition) is 2. The molecule has 4 aromatic rings. The van der Waals surface area contributed by atoms with Crippen LogP contribution in [0.15, 0.2) is 30.6 Å². The molecule has 0 saturated carbocycles. The van der Waals surface area contributed by atoms with Gasteiger partial charge in [-0.15, -0.1) is 0 Å². The predicted octanol–water partition coefficient (Wildman–Crippen LogP) is 7.42. The third-order valence-electron chi connectivity index (χ3n) is 8.12. The smallest absolute Gasteiger partial charge is 0.415 e. The van der Waals surface area contributed by atoms with Gasteiger partial charge >= 0.3 is 12.4 Å². The molecule has 1 aliphatic rings. The standard InChI is InChI=1S/C28H31ClF6N8OSi/c1-26(2,3)45(4,5)44-11-9-36-24-37-13-15(14-38-24)21-20-17(18-12-16(29)6-7-19(18)39-20)8-10-43(21)25-41-22(27(30,31)32)40-23(42-25)28(33,34)35/h6-7,12-14,21,39H,8-11H2,1-5H3,(H,36,37,38)/t21-/m0/s1. The van der Waals surface area contributed by atoms with Crippen molar-refractivity contribution in [1.82, 2.24) is 29.9 Å².